The molecule has 3 nitrogen and oxygen atoms in total. The molecule has 0 spiro atoms. The molecular weight excluding hydrogens is 154 g/mol. The van der Waals surface area contributed by atoms with Crippen LogP contribution in [0.3, 0.4) is 0 Å². The number of allylic oxidation sites excluding steroid dienone is 4. The molecule has 1 aliphatic carbocycles. The molecule has 0 aliphatic heterocycles. The van der Waals surface area contributed by atoms with Crippen LogP contribution in [0.5, 0.6) is 0 Å². The van der Waals surface area contributed by atoms with Crippen LogP contribution in [0.4, 0.5) is 0 Å². The Kier molecular flexibility index (Phi) is 2.82. The van der Waals surface area contributed by atoms with Crippen LogP contribution in [0.1, 0.15) is 13.3 Å². The van der Waals surface area contributed by atoms with Crippen molar-refractivity contribution in [3.63, 3.8) is 0 Å². The molecule has 1 amide bonds. The molecule has 3 heteroatoms. The molecule has 0 saturated heterocycles. The van der Waals surface area contributed by atoms with Gasteiger partial charge in [-0.15, -0.1) is 0 Å². The lowest BCUT2D eigenvalue weighted by atomic mass is 10.2. The van der Waals surface area contributed by atoms with E-state index in [1.54, 1.807) is 17.6 Å². The Labute approximate surface area is 71.0 Å². The summed E-state index contributed by atoms with van der Waals surface area (Å²) in [6.07, 6.45) is 7.98. The monoisotopic (exact) mass is 165 g/mol. The van der Waals surface area contributed by atoms with E-state index in [-0.39, 0.29) is 0 Å². The van der Waals surface area contributed by atoms with Crippen LogP contribution in [0.2, 0.25) is 0 Å². The van der Waals surface area contributed by atoms with E-state index in [9.17, 15) is 4.79 Å². The van der Waals surface area contributed by atoms with Crippen LogP contribution in [-0.4, -0.2) is 11.1 Å². The van der Waals surface area contributed by atoms with Gasteiger partial charge < -0.3 is 0 Å². The standard InChI is InChI=1S/C9H11NO2/c1-7-3-2-4-8(6-5-7)9(11)10-12/h2,4-6,12H,3H2,1H3,(H,10,11). The molecule has 0 heterocycles. The summed E-state index contributed by atoms with van der Waals surface area (Å²) in [6, 6.07) is 0. The molecule has 0 fully saturated rings. The minimum atomic E-state index is -0.475. The summed E-state index contributed by atoms with van der Waals surface area (Å²) in [4.78, 5) is 10.9. The minimum Gasteiger partial charge on any atom is -0.288 e. The van der Waals surface area contributed by atoms with E-state index in [0.29, 0.717) is 5.57 Å². The van der Waals surface area contributed by atoms with Gasteiger partial charge >= 0.3 is 0 Å². The van der Waals surface area contributed by atoms with Crippen LogP contribution in [0.25, 0.3) is 0 Å². The quantitative estimate of drug-likeness (QED) is 0.455. The number of carbonyl (C=O) groups is 1. The molecule has 1 aliphatic rings. The molecule has 0 radical (unpaired) electrons. The third-order valence-corrected chi connectivity index (χ3v) is 1.65. The van der Waals surface area contributed by atoms with Crippen molar-refractivity contribution in [1.29, 1.82) is 0 Å². The summed E-state index contributed by atoms with van der Waals surface area (Å²) in [5.41, 5.74) is 3.24. The van der Waals surface area contributed by atoms with Gasteiger partial charge in [-0.1, -0.05) is 23.8 Å². The maximum absolute atomic E-state index is 10.9. The number of rotatable bonds is 1. The first-order chi connectivity index (χ1) is 5.74. The molecule has 0 saturated carbocycles. The highest BCUT2D eigenvalue weighted by Crippen LogP contribution is 2.10. The Morgan fingerprint density at radius 3 is 3.00 bits per heavy atom. The largest absolute Gasteiger partial charge is 0.288 e. The van der Waals surface area contributed by atoms with Crippen molar-refractivity contribution in [2.45, 2.75) is 13.3 Å². The van der Waals surface area contributed by atoms with Crippen molar-refractivity contribution in [3.8, 4) is 0 Å². The van der Waals surface area contributed by atoms with Crippen molar-refractivity contribution in [2.24, 2.45) is 0 Å². The zero-order valence-electron chi connectivity index (χ0n) is 6.87. The van der Waals surface area contributed by atoms with E-state index in [4.69, 9.17) is 5.21 Å². The summed E-state index contributed by atoms with van der Waals surface area (Å²) >= 11 is 0. The SMILES string of the molecule is CC1=CC=C(C(=O)NO)C=CC1. The number of nitrogens with one attached hydrogen (secondary N) is 1. The fourth-order valence-electron chi connectivity index (χ4n) is 0.943. The second-order valence-corrected chi connectivity index (χ2v) is 2.68. The van der Waals surface area contributed by atoms with Gasteiger partial charge in [0.15, 0.2) is 0 Å². The van der Waals surface area contributed by atoms with Crippen LogP contribution < -0.4 is 5.48 Å². The van der Waals surface area contributed by atoms with Crippen LogP contribution in [0.15, 0.2) is 35.5 Å². The average Bonchev–Trinajstić information content (AvgIpc) is 2.29. The summed E-state index contributed by atoms with van der Waals surface area (Å²) in [6.45, 7) is 1.99. The Bertz CT molecular complexity index is 274. The van der Waals surface area contributed by atoms with E-state index in [1.165, 1.54) is 5.57 Å². The van der Waals surface area contributed by atoms with E-state index in [1.807, 2.05) is 19.1 Å². The number of hydroxylamine groups is 1. The number of hydrogen-bond donors (Lipinski definition) is 2. The fraction of sp³-hybridized carbons (Fsp3) is 0.222. The maximum Gasteiger partial charge on any atom is 0.274 e. The Hall–Kier alpha value is -1.35. The molecule has 64 valence electrons. The molecule has 0 aromatic carbocycles. The van der Waals surface area contributed by atoms with Gasteiger partial charge in [-0.3, -0.25) is 10.0 Å². The summed E-state index contributed by atoms with van der Waals surface area (Å²) in [7, 11) is 0. The van der Waals surface area contributed by atoms with Gasteiger partial charge in [-0.05, 0) is 19.4 Å². The van der Waals surface area contributed by atoms with Gasteiger partial charge in [0.25, 0.3) is 5.91 Å². The second kappa shape index (κ2) is 3.88. The zero-order valence-corrected chi connectivity index (χ0v) is 6.87. The molecule has 0 aromatic heterocycles. The van der Waals surface area contributed by atoms with Gasteiger partial charge in [0.1, 0.15) is 0 Å². The number of hydrogen-bond acceptors (Lipinski definition) is 2. The molecule has 0 atom stereocenters. The van der Waals surface area contributed by atoms with Crippen molar-refractivity contribution in [1.82, 2.24) is 5.48 Å². The lowest BCUT2D eigenvalue weighted by Crippen LogP contribution is -2.19. The predicted octanol–water partition coefficient (Wildman–Crippen LogP) is 1.32. The third kappa shape index (κ3) is 2.07. The summed E-state index contributed by atoms with van der Waals surface area (Å²) < 4.78 is 0. The average molecular weight is 165 g/mol. The van der Waals surface area contributed by atoms with Crippen LogP contribution >= 0.6 is 0 Å². The Morgan fingerprint density at radius 1 is 1.58 bits per heavy atom. The predicted molar refractivity (Wildman–Crippen MR) is 45.5 cm³/mol. The third-order valence-electron chi connectivity index (χ3n) is 1.65. The molecule has 0 unspecified atom stereocenters. The minimum absolute atomic E-state index is 0.467. The molecule has 0 aromatic rings. The van der Waals surface area contributed by atoms with Gasteiger partial charge in [0, 0.05) is 5.57 Å². The van der Waals surface area contributed by atoms with Crippen molar-refractivity contribution >= 4 is 5.91 Å². The molecule has 2 N–H and O–H groups in total. The zero-order chi connectivity index (χ0) is 8.97. The lowest BCUT2D eigenvalue weighted by molar-refractivity contribution is -0.124. The first-order valence-electron chi connectivity index (χ1n) is 3.72. The highest BCUT2D eigenvalue weighted by atomic mass is 16.5. The first kappa shape index (κ1) is 8.74. The number of carbonyl (C=O) groups excluding carboxylic acids is 1. The molecule has 1 rings (SSSR count). The van der Waals surface area contributed by atoms with Crippen LogP contribution in [0, 0.1) is 0 Å². The highest BCUT2D eigenvalue weighted by Gasteiger charge is 2.04. The van der Waals surface area contributed by atoms with Gasteiger partial charge in [-0.25, -0.2) is 5.48 Å². The second-order valence-electron chi connectivity index (χ2n) is 2.68. The Balaban J connectivity index is 2.84. The van der Waals surface area contributed by atoms with E-state index < -0.39 is 5.91 Å². The normalized spacial score (nSPS) is 16.2. The van der Waals surface area contributed by atoms with Crippen molar-refractivity contribution in [2.75, 3.05) is 0 Å². The first-order valence-corrected chi connectivity index (χ1v) is 3.72. The van der Waals surface area contributed by atoms with E-state index in [0.717, 1.165) is 6.42 Å². The van der Waals surface area contributed by atoms with Crippen LogP contribution in [-0.2, 0) is 4.79 Å². The fourth-order valence-corrected chi connectivity index (χ4v) is 0.943. The topological polar surface area (TPSA) is 49.3 Å². The Morgan fingerprint density at radius 2 is 2.33 bits per heavy atom. The molecule has 0 bridgehead atoms. The van der Waals surface area contributed by atoms with Gasteiger partial charge in [-0.2, -0.15) is 0 Å². The van der Waals surface area contributed by atoms with Gasteiger partial charge in [0.05, 0.1) is 0 Å². The molecule has 12 heavy (non-hydrogen) atoms. The summed E-state index contributed by atoms with van der Waals surface area (Å²) in [5, 5.41) is 8.35. The van der Waals surface area contributed by atoms with E-state index in [2.05, 4.69) is 0 Å². The smallest absolute Gasteiger partial charge is 0.274 e. The molecular formula is C9H11NO2. The summed E-state index contributed by atoms with van der Waals surface area (Å²) in [5.74, 6) is -0.475. The van der Waals surface area contributed by atoms with Crippen molar-refractivity contribution in [3.05, 3.63) is 35.5 Å². The number of amides is 1. The van der Waals surface area contributed by atoms with Crippen molar-refractivity contribution < 1.29 is 10.0 Å². The van der Waals surface area contributed by atoms with Gasteiger partial charge in [0.2, 0.25) is 0 Å². The van der Waals surface area contributed by atoms with E-state index >= 15 is 0 Å². The highest BCUT2D eigenvalue weighted by molar-refractivity contribution is 5.95. The lowest BCUT2D eigenvalue weighted by Gasteiger charge is -1.95. The maximum atomic E-state index is 10.9.